The topological polar surface area (TPSA) is 75.1 Å². The number of aliphatic carboxylic acids is 1. The van der Waals surface area contributed by atoms with Crippen LogP contribution in [0.2, 0.25) is 0 Å². The summed E-state index contributed by atoms with van der Waals surface area (Å²) in [5.74, 6) is -3.77. The largest absolute Gasteiger partial charge is 0.497 e. The molecule has 12 heteroatoms. The number of thioether (sulfide) groups is 1. The van der Waals surface area contributed by atoms with E-state index >= 15 is 4.39 Å². The van der Waals surface area contributed by atoms with Crippen LogP contribution in [0, 0.1) is 22.9 Å². The quantitative estimate of drug-likeness (QED) is 0.142. The molecule has 0 radical (unpaired) electrons. The zero-order valence-corrected chi connectivity index (χ0v) is 25.5. The minimum atomic E-state index is -1.49. The van der Waals surface area contributed by atoms with Crippen molar-refractivity contribution in [1.29, 1.82) is 0 Å². The van der Waals surface area contributed by atoms with E-state index < -0.39 is 35.0 Å². The first-order valence-corrected chi connectivity index (χ1v) is 15.8. The number of piperidine rings is 1. The van der Waals surface area contributed by atoms with Crippen molar-refractivity contribution in [2.45, 2.75) is 43.3 Å². The van der Waals surface area contributed by atoms with Gasteiger partial charge in [-0.2, -0.15) is 0 Å². The second-order valence-electron chi connectivity index (χ2n) is 11.5. The fraction of sp³-hybridized carbons (Fsp3) is 0.500. The molecule has 3 aromatic rings. The second-order valence-corrected chi connectivity index (χ2v) is 12.6. The maximum absolute atomic E-state index is 16.4. The van der Waals surface area contributed by atoms with Crippen LogP contribution in [0.25, 0.3) is 10.9 Å². The number of hydrogen-bond acceptors (Lipinski definition) is 7. The summed E-state index contributed by atoms with van der Waals surface area (Å²) in [6, 6.07) is 7.33. The maximum Gasteiger partial charge on any atom is 0.309 e. The van der Waals surface area contributed by atoms with Crippen LogP contribution in [0.1, 0.15) is 43.0 Å². The lowest BCUT2D eigenvalue weighted by molar-refractivity contribution is -0.153. The predicted molar refractivity (Wildman–Crippen MR) is 160 cm³/mol. The van der Waals surface area contributed by atoms with Gasteiger partial charge in [-0.25, -0.2) is 17.6 Å². The number of nitrogens with zero attached hydrogens (tertiary/aromatic N) is 3. The normalized spacial score (nSPS) is 18.4. The van der Waals surface area contributed by atoms with E-state index in [1.165, 1.54) is 11.8 Å². The molecule has 2 saturated heterocycles. The highest BCUT2D eigenvalue weighted by Gasteiger charge is 2.42. The number of halogens is 4. The first-order valence-electron chi connectivity index (χ1n) is 14.8. The Bertz CT molecular complexity index is 1440. The third-order valence-electron chi connectivity index (χ3n) is 8.79. The molecule has 2 aliphatic rings. The predicted octanol–water partition coefficient (Wildman–Crippen LogP) is 6.24. The van der Waals surface area contributed by atoms with Gasteiger partial charge in [-0.05, 0) is 74.7 Å². The average Bonchev–Trinajstić information content (AvgIpc) is 3.03. The number of hydrogen-bond donors (Lipinski definition) is 1. The van der Waals surface area contributed by atoms with Gasteiger partial charge in [0.05, 0.1) is 31.3 Å². The number of morpholine rings is 1. The molecule has 3 heterocycles. The van der Waals surface area contributed by atoms with E-state index in [1.54, 1.807) is 31.5 Å². The standard InChI is InChI=1S/C32H37F4N3O4S/c1-42-22-2-3-28-24(16-22)29(21(19-37-28)20-39-10-13-43-14-11-39)25(33)4-5-32(31(40)41)6-8-38(9-7-32)12-15-44-23-17-26(34)30(36)27(35)18-23/h2-3,16-19,25H,4-15,20H2,1H3,(H,40,41)/t25-/m1/s1. The van der Waals surface area contributed by atoms with Gasteiger partial charge in [-0.1, -0.05) is 0 Å². The van der Waals surface area contributed by atoms with Gasteiger partial charge >= 0.3 is 5.97 Å². The number of fused-ring (bicyclic) bond motifs is 1. The molecule has 238 valence electrons. The third kappa shape index (κ3) is 7.47. The van der Waals surface area contributed by atoms with Crippen molar-refractivity contribution in [2.24, 2.45) is 5.41 Å². The molecule has 7 nitrogen and oxygen atoms in total. The van der Waals surface area contributed by atoms with E-state index in [1.807, 2.05) is 0 Å². The van der Waals surface area contributed by atoms with Gasteiger partial charge in [0.1, 0.15) is 11.9 Å². The van der Waals surface area contributed by atoms with Crippen LogP contribution >= 0.6 is 11.8 Å². The van der Waals surface area contributed by atoms with Crippen LogP contribution in [0.3, 0.4) is 0 Å². The molecular weight excluding hydrogens is 598 g/mol. The highest BCUT2D eigenvalue weighted by molar-refractivity contribution is 7.99. The third-order valence-corrected chi connectivity index (χ3v) is 9.74. The fourth-order valence-corrected chi connectivity index (χ4v) is 7.05. The number of rotatable bonds is 12. The molecule has 0 saturated carbocycles. The number of carboxylic acids is 1. The van der Waals surface area contributed by atoms with Crippen LogP contribution in [-0.2, 0) is 16.1 Å². The van der Waals surface area contributed by atoms with Crippen LogP contribution in [0.5, 0.6) is 5.75 Å². The van der Waals surface area contributed by atoms with Gasteiger partial charge in [-0.15, -0.1) is 11.8 Å². The Kier molecular flexibility index (Phi) is 10.7. The average molecular weight is 636 g/mol. The molecule has 0 amide bonds. The molecule has 1 N–H and O–H groups in total. The van der Waals surface area contributed by atoms with Crippen LogP contribution < -0.4 is 4.74 Å². The van der Waals surface area contributed by atoms with Gasteiger partial charge in [-0.3, -0.25) is 14.7 Å². The number of benzene rings is 2. The minimum Gasteiger partial charge on any atom is -0.497 e. The van der Waals surface area contributed by atoms with Crippen molar-refractivity contribution >= 4 is 28.6 Å². The SMILES string of the molecule is COc1ccc2ncc(CN3CCOCC3)c([C@H](F)CCC3(C(=O)O)CCN(CCSc4cc(F)c(F)c(F)c4)CC3)c2c1. The number of methoxy groups -OCH3 is 1. The molecule has 1 aromatic heterocycles. The number of carboxylic acid groups (broad SMARTS) is 1. The van der Waals surface area contributed by atoms with Crippen LogP contribution in [0.15, 0.2) is 41.4 Å². The van der Waals surface area contributed by atoms with Gasteiger partial charge in [0.2, 0.25) is 0 Å². The monoisotopic (exact) mass is 635 g/mol. The molecule has 0 aliphatic carbocycles. The lowest BCUT2D eigenvalue weighted by Gasteiger charge is -2.39. The Balaban J connectivity index is 1.25. The van der Waals surface area contributed by atoms with Crippen LogP contribution in [-0.4, -0.2) is 84.7 Å². The molecule has 2 fully saturated rings. The van der Waals surface area contributed by atoms with Crippen molar-refractivity contribution < 1.29 is 36.9 Å². The first-order chi connectivity index (χ1) is 21.2. The van der Waals surface area contributed by atoms with E-state index in [9.17, 15) is 23.1 Å². The highest BCUT2D eigenvalue weighted by atomic mass is 32.2. The van der Waals surface area contributed by atoms with Crippen LogP contribution in [0.4, 0.5) is 17.6 Å². The molecule has 44 heavy (non-hydrogen) atoms. The molecule has 0 unspecified atom stereocenters. The Hall–Kier alpha value is -2.93. The molecule has 5 rings (SSSR count). The summed E-state index contributed by atoms with van der Waals surface area (Å²) < 4.78 is 67.6. The summed E-state index contributed by atoms with van der Waals surface area (Å²) in [7, 11) is 1.56. The van der Waals surface area contributed by atoms with E-state index in [2.05, 4.69) is 14.8 Å². The Morgan fingerprint density at radius 1 is 1.09 bits per heavy atom. The Morgan fingerprint density at radius 3 is 2.45 bits per heavy atom. The zero-order valence-electron chi connectivity index (χ0n) is 24.7. The zero-order chi connectivity index (χ0) is 31.3. The summed E-state index contributed by atoms with van der Waals surface area (Å²) >= 11 is 1.21. The van der Waals surface area contributed by atoms with Gasteiger partial charge in [0, 0.05) is 54.0 Å². The lowest BCUT2D eigenvalue weighted by atomic mass is 9.74. The lowest BCUT2D eigenvalue weighted by Crippen LogP contribution is -2.45. The van der Waals surface area contributed by atoms with Crippen molar-refractivity contribution in [3.05, 3.63) is 65.1 Å². The second kappa shape index (κ2) is 14.4. The highest BCUT2D eigenvalue weighted by Crippen LogP contribution is 2.42. The Morgan fingerprint density at radius 2 is 1.80 bits per heavy atom. The summed E-state index contributed by atoms with van der Waals surface area (Å²) in [4.78, 5) is 21.7. The van der Waals surface area contributed by atoms with Gasteiger partial charge in [0.15, 0.2) is 17.5 Å². The molecule has 0 bridgehead atoms. The minimum absolute atomic E-state index is 0.0519. The summed E-state index contributed by atoms with van der Waals surface area (Å²) in [5.41, 5.74) is 0.906. The number of alkyl halides is 1. The number of pyridine rings is 1. The molecule has 0 spiro atoms. The van der Waals surface area contributed by atoms with Gasteiger partial charge < -0.3 is 19.5 Å². The maximum atomic E-state index is 16.4. The first kappa shape index (κ1) is 32.5. The van der Waals surface area contributed by atoms with E-state index in [0.717, 1.165) is 30.8 Å². The van der Waals surface area contributed by atoms with E-state index in [-0.39, 0.29) is 12.8 Å². The number of carbonyl (C=O) groups is 1. The van der Waals surface area contributed by atoms with Crippen molar-refractivity contribution in [3.63, 3.8) is 0 Å². The molecule has 2 aromatic carbocycles. The smallest absolute Gasteiger partial charge is 0.309 e. The van der Waals surface area contributed by atoms with Crippen molar-refractivity contribution in [1.82, 2.24) is 14.8 Å². The Labute approximate surface area is 258 Å². The number of ether oxygens (including phenoxy) is 2. The van der Waals surface area contributed by atoms with Gasteiger partial charge in [0.25, 0.3) is 0 Å². The number of aromatic nitrogens is 1. The fourth-order valence-electron chi connectivity index (χ4n) is 6.09. The summed E-state index contributed by atoms with van der Waals surface area (Å²) in [5, 5.41) is 10.9. The molecule has 2 aliphatic heterocycles. The van der Waals surface area contributed by atoms with Crippen molar-refractivity contribution in [3.8, 4) is 5.75 Å². The summed E-state index contributed by atoms with van der Waals surface area (Å²) in [6.07, 6.45) is 1.30. The molecule has 1 atom stereocenters. The van der Waals surface area contributed by atoms with E-state index in [4.69, 9.17) is 9.47 Å². The number of likely N-dealkylation sites (tertiary alicyclic amines) is 1. The summed E-state index contributed by atoms with van der Waals surface area (Å²) in [6.45, 7) is 4.81. The van der Waals surface area contributed by atoms with Crippen molar-refractivity contribution in [2.75, 3.05) is 58.8 Å². The molecular formula is C32H37F4N3O4S. The van der Waals surface area contributed by atoms with E-state index in [0.29, 0.717) is 85.1 Å².